The molecule has 1 fully saturated rings. The zero-order valence-electron chi connectivity index (χ0n) is 17.6. The average molecular weight is 484 g/mol. The number of fused-ring (bicyclic) bond motifs is 1. The molecule has 2 aromatic rings. The van der Waals surface area contributed by atoms with E-state index < -0.39 is 5.97 Å². The summed E-state index contributed by atoms with van der Waals surface area (Å²) in [6.45, 7) is 2.85. The number of hydrogen-bond donors (Lipinski definition) is 0. The third kappa shape index (κ3) is 6.11. The number of methoxy groups -OCH3 is 1. The van der Waals surface area contributed by atoms with E-state index in [4.69, 9.17) is 16.3 Å². The van der Waals surface area contributed by atoms with E-state index in [2.05, 4.69) is 11.9 Å². The molecule has 0 N–H and O–H groups in total. The fourth-order valence-corrected chi connectivity index (χ4v) is 5.68. The van der Waals surface area contributed by atoms with Gasteiger partial charge < -0.3 is 14.2 Å². The molecule has 0 aliphatic carbocycles. The molecule has 1 saturated heterocycles. The summed E-state index contributed by atoms with van der Waals surface area (Å²) >= 11 is 8.63. The monoisotopic (exact) mass is 483 g/mol. The van der Waals surface area contributed by atoms with Crippen LogP contribution in [0, 0.1) is 0 Å². The molecule has 7 nitrogen and oxygen atoms in total. The summed E-state index contributed by atoms with van der Waals surface area (Å²) in [6, 6.07) is 5.60. The van der Waals surface area contributed by atoms with Crippen molar-refractivity contribution in [2.24, 2.45) is 4.99 Å². The van der Waals surface area contributed by atoms with E-state index in [9.17, 15) is 14.4 Å². The number of aromatic nitrogens is 1. The summed E-state index contributed by atoms with van der Waals surface area (Å²) in [5, 5.41) is 0.564. The third-order valence-electron chi connectivity index (χ3n) is 5.25. The molecule has 1 aromatic carbocycles. The van der Waals surface area contributed by atoms with Gasteiger partial charge in [0.25, 0.3) is 5.91 Å². The molecule has 2 heterocycles. The number of amides is 2. The van der Waals surface area contributed by atoms with Gasteiger partial charge in [-0.2, -0.15) is 4.99 Å². The lowest BCUT2D eigenvalue weighted by atomic mass is 10.0. The van der Waals surface area contributed by atoms with E-state index in [0.29, 0.717) is 15.9 Å². The minimum atomic E-state index is -0.435. The highest BCUT2D eigenvalue weighted by Gasteiger charge is 2.25. The summed E-state index contributed by atoms with van der Waals surface area (Å²) in [7, 11) is 1.31. The van der Waals surface area contributed by atoms with Gasteiger partial charge in [0.05, 0.1) is 28.8 Å². The van der Waals surface area contributed by atoms with Crippen LogP contribution in [-0.4, -0.2) is 58.5 Å². The van der Waals surface area contributed by atoms with Crippen molar-refractivity contribution in [3.63, 3.8) is 0 Å². The molecule has 0 radical (unpaired) electrons. The quantitative estimate of drug-likeness (QED) is 0.563. The van der Waals surface area contributed by atoms with Crippen LogP contribution in [0.5, 0.6) is 0 Å². The molecular formula is C21H26ClN3O4S2. The molecule has 31 heavy (non-hydrogen) atoms. The molecule has 1 atom stereocenters. The van der Waals surface area contributed by atoms with Crippen molar-refractivity contribution in [1.29, 1.82) is 0 Å². The number of halogens is 1. The lowest BCUT2D eigenvalue weighted by molar-refractivity contribution is -0.141. The first kappa shape index (κ1) is 23.8. The van der Waals surface area contributed by atoms with E-state index in [1.807, 2.05) is 4.90 Å². The highest BCUT2D eigenvalue weighted by molar-refractivity contribution is 8.00. The Balaban J connectivity index is 1.69. The molecule has 0 saturated carbocycles. The maximum atomic E-state index is 12.6. The second kappa shape index (κ2) is 11.2. The second-order valence-corrected chi connectivity index (χ2v) is 9.73. The fraction of sp³-hybridized carbons (Fsp3) is 0.524. The SMILES string of the molecule is CCC1CCCCN1C(=O)CSCC(=O)N=c1sc2cc(Cl)ccc2n1CC(=O)OC. The number of esters is 1. The first-order valence-corrected chi connectivity index (χ1v) is 12.6. The number of likely N-dealkylation sites (tertiary alicyclic amines) is 1. The van der Waals surface area contributed by atoms with Crippen LogP contribution in [0.2, 0.25) is 5.02 Å². The van der Waals surface area contributed by atoms with Crippen molar-refractivity contribution in [3.8, 4) is 0 Å². The minimum Gasteiger partial charge on any atom is -0.468 e. The number of ether oxygens (including phenoxy) is 1. The number of thioether (sulfide) groups is 1. The van der Waals surface area contributed by atoms with Gasteiger partial charge in [-0.25, -0.2) is 0 Å². The van der Waals surface area contributed by atoms with Crippen molar-refractivity contribution >= 4 is 62.7 Å². The fourth-order valence-electron chi connectivity index (χ4n) is 3.68. The number of nitrogens with zero attached hydrogens (tertiary/aromatic N) is 3. The molecule has 168 valence electrons. The second-order valence-electron chi connectivity index (χ2n) is 7.30. The highest BCUT2D eigenvalue weighted by atomic mass is 35.5. The lowest BCUT2D eigenvalue weighted by Crippen LogP contribution is -2.44. The smallest absolute Gasteiger partial charge is 0.325 e. The summed E-state index contributed by atoms with van der Waals surface area (Å²) in [5.41, 5.74) is 0.755. The van der Waals surface area contributed by atoms with Crippen LogP contribution in [0.15, 0.2) is 23.2 Å². The molecule has 1 aromatic heterocycles. The van der Waals surface area contributed by atoms with Gasteiger partial charge in [-0.05, 0) is 43.9 Å². The first-order chi connectivity index (χ1) is 14.9. The van der Waals surface area contributed by atoms with Gasteiger partial charge >= 0.3 is 5.97 Å². The first-order valence-electron chi connectivity index (χ1n) is 10.2. The number of carbonyl (C=O) groups excluding carboxylic acids is 3. The summed E-state index contributed by atoms with van der Waals surface area (Å²) in [6.07, 6.45) is 4.22. The lowest BCUT2D eigenvalue weighted by Gasteiger charge is -2.35. The standard InChI is InChI=1S/C21H26ClN3O4S2/c1-3-15-6-4-5-9-24(15)19(27)13-30-12-18(26)23-21-25(11-20(28)29-2)16-8-7-14(22)10-17(16)31-21/h7-8,10,15H,3-6,9,11-13H2,1-2H3. The Morgan fingerprint density at radius 2 is 2.10 bits per heavy atom. The summed E-state index contributed by atoms with van der Waals surface area (Å²) in [4.78, 5) is 43.4. The molecule has 10 heteroatoms. The van der Waals surface area contributed by atoms with Crippen LogP contribution in [0.3, 0.4) is 0 Å². The van der Waals surface area contributed by atoms with Gasteiger partial charge in [-0.15, -0.1) is 11.8 Å². The molecule has 0 spiro atoms. The van der Waals surface area contributed by atoms with Crippen molar-refractivity contribution in [3.05, 3.63) is 28.0 Å². The number of carbonyl (C=O) groups is 3. The number of piperidine rings is 1. The number of thiazole rings is 1. The van der Waals surface area contributed by atoms with Gasteiger partial charge in [0.2, 0.25) is 5.91 Å². The van der Waals surface area contributed by atoms with Gasteiger partial charge in [0, 0.05) is 17.6 Å². The summed E-state index contributed by atoms with van der Waals surface area (Å²) in [5.74, 6) is -0.331. The molecule has 2 amide bonds. The van der Waals surface area contributed by atoms with Gasteiger partial charge in [0.1, 0.15) is 6.54 Å². The predicted octanol–water partition coefficient (Wildman–Crippen LogP) is 3.48. The van der Waals surface area contributed by atoms with E-state index in [0.717, 1.165) is 36.0 Å². The maximum Gasteiger partial charge on any atom is 0.325 e. The molecule has 1 aliphatic rings. The minimum absolute atomic E-state index is 0.0523. The number of rotatable bonds is 7. The third-order valence-corrected chi connectivity index (χ3v) is 7.43. The Labute approximate surface area is 194 Å². The zero-order valence-corrected chi connectivity index (χ0v) is 20.0. The van der Waals surface area contributed by atoms with Crippen LogP contribution in [0.4, 0.5) is 0 Å². The van der Waals surface area contributed by atoms with Gasteiger partial charge in [-0.3, -0.25) is 14.4 Å². The number of hydrogen-bond acceptors (Lipinski definition) is 6. The molecule has 1 aliphatic heterocycles. The normalized spacial score (nSPS) is 17.2. The Hall–Kier alpha value is -1.84. The van der Waals surface area contributed by atoms with Crippen LogP contribution in [-0.2, 0) is 25.7 Å². The van der Waals surface area contributed by atoms with Crippen LogP contribution >= 0.6 is 34.7 Å². The number of benzene rings is 1. The molecular weight excluding hydrogens is 458 g/mol. The zero-order chi connectivity index (χ0) is 22.4. The van der Waals surface area contributed by atoms with Gasteiger partial charge in [-0.1, -0.05) is 29.9 Å². The van der Waals surface area contributed by atoms with E-state index in [-0.39, 0.29) is 29.9 Å². The van der Waals surface area contributed by atoms with E-state index in [1.165, 1.54) is 36.6 Å². The maximum absolute atomic E-state index is 12.6. The average Bonchev–Trinajstić information content (AvgIpc) is 3.08. The van der Waals surface area contributed by atoms with Gasteiger partial charge in [0.15, 0.2) is 4.80 Å². The topological polar surface area (TPSA) is 81.0 Å². The van der Waals surface area contributed by atoms with E-state index in [1.54, 1.807) is 22.8 Å². The van der Waals surface area contributed by atoms with Crippen molar-refractivity contribution in [1.82, 2.24) is 9.47 Å². The molecule has 1 unspecified atom stereocenters. The van der Waals surface area contributed by atoms with Crippen LogP contribution < -0.4 is 4.80 Å². The summed E-state index contributed by atoms with van der Waals surface area (Å²) < 4.78 is 7.24. The Bertz CT molecular complexity index is 1030. The van der Waals surface area contributed by atoms with Crippen molar-refractivity contribution < 1.29 is 19.1 Å². The Morgan fingerprint density at radius 1 is 1.29 bits per heavy atom. The van der Waals surface area contributed by atoms with Crippen LogP contribution in [0.1, 0.15) is 32.6 Å². The van der Waals surface area contributed by atoms with Crippen molar-refractivity contribution in [2.75, 3.05) is 25.2 Å². The Kier molecular flexibility index (Phi) is 8.57. The Morgan fingerprint density at radius 3 is 2.84 bits per heavy atom. The van der Waals surface area contributed by atoms with Crippen LogP contribution in [0.25, 0.3) is 10.2 Å². The molecule has 3 rings (SSSR count). The predicted molar refractivity (Wildman–Crippen MR) is 124 cm³/mol. The van der Waals surface area contributed by atoms with E-state index >= 15 is 0 Å². The van der Waals surface area contributed by atoms with Crippen molar-refractivity contribution in [2.45, 2.75) is 45.2 Å². The largest absolute Gasteiger partial charge is 0.468 e. The highest BCUT2D eigenvalue weighted by Crippen LogP contribution is 2.22. The molecule has 0 bridgehead atoms.